The van der Waals surface area contributed by atoms with E-state index in [2.05, 4.69) is 30.0 Å². The van der Waals surface area contributed by atoms with Gasteiger partial charge in [-0.2, -0.15) is 5.10 Å². The molecule has 0 spiro atoms. The third-order valence-corrected chi connectivity index (χ3v) is 2.68. The summed E-state index contributed by atoms with van der Waals surface area (Å²) in [5.74, 6) is 1.22. The Kier molecular flexibility index (Phi) is 3.24. The average Bonchev–Trinajstić information content (AvgIpc) is 2.75. The Morgan fingerprint density at radius 1 is 1.35 bits per heavy atom. The second-order valence-corrected chi connectivity index (χ2v) is 4.52. The standard InChI is InChI=1S/C13H18N4/c1-9(2)12-6-11(8-14)7-13(15-12)17-5-4-10(3)16-17/h4-7,9H,8,14H2,1-3H3. The number of hydrogen-bond acceptors (Lipinski definition) is 3. The summed E-state index contributed by atoms with van der Waals surface area (Å²) in [5.41, 5.74) is 8.84. The van der Waals surface area contributed by atoms with Gasteiger partial charge in [-0.1, -0.05) is 13.8 Å². The molecule has 2 aromatic heterocycles. The molecule has 0 aliphatic rings. The molecule has 0 saturated heterocycles. The third-order valence-electron chi connectivity index (χ3n) is 2.68. The highest BCUT2D eigenvalue weighted by Gasteiger charge is 2.07. The molecule has 0 bridgehead atoms. The maximum Gasteiger partial charge on any atom is 0.153 e. The van der Waals surface area contributed by atoms with Crippen molar-refractivity contribution in [2.75, 3.05) is 0 Å². The number of nitrogens with zero attached hydrogens (tertiary/aromatic N) is 3. The minimum atomic E-state index is 0.386. The Hall–Kier alpha value is -1.68. The molecule has 17 heavy (non-hydrogen) atoms. The van der Waals surface area contributed by atoms with Gasteiger partial charge in [-0.3, -0.25) is 0 Å². The van der Waals surface area contributed by atoms with Gasteiger partial charge in [0.15, 0.2) is 5.82 Å². The van der Waals surface area contributed by atoms with Crippen LogP contribution in [0.4, 0.5) is 0 Å². The van der Waals surface area contributed by atoms with E-state index in [1.807, 2.05) is 25.3 Å². The van der Waals surface area contributed by atoms with Gasteiger partial charge in [0.25, 0.3) is 0 Å². The molecule has 2 heterocycles. The Labute approximate surface area is 101 Å². The molecular weight excluding hydrogens is 212 g/mol. The summed E-state index contributed by atoms with van der Waals surface area (Å²) < 4.78 is 1.79. The summed E-state index contributed by atoms with van der Waals surface area (Å²) in [6.45, 7) is 6.74. The van der Waals surface area contributed by atoms with Crippen LogP contribution in [0.2, 0.25) is 0 Å². The quantitative estimate of drug-likeness (QED) is 0.879. The lowest BCUT2D eigenvalue weighted by Gasteiger charge is -2.10. The van der Waals surface area contributed by atoms with E-state index in [1.165, 1.54) is 0 Å². The number of aromatic nitrogens is 3. The Morgan fingerprint density at radius 3 is 2.65 bits per heavy atom. The van der Waals surface area contributed by atoms with Gasteiger partial charge in [0.1, 0.15) is 0 Å². The fourth-order valence-electron chi connectivity index (χ4n) is 1.67. The topological polar surface area (TPSA) is 56.7 Å². The van der Waals surface area contributed by atoms with E-state index in [-0.39, 0.29) is 0 Å². The van der Waals surface area contributed by atoms with E-state index >= 15 is 0 Å². The predicted molar refractivity (Wildman–Crippen MR) is 68.1 cm³/mol. The number of nitrogens with two attached hydrogens (primary N) is 1. The molecule has 0 fully saturated rings. The van der Waals surface area contributed by atoms with Crippen LogP contribution in [-0.4, -0.2) is 14.8 Å². The van der Waals surface area contributed by atoms with Gasteiger partial charge in [-0.25, -0.2) is 9.67 Å². The summed E-state index contributed by atoms with van der Waals surface area (Å²) in [6, 6.07) is 6.01. The molecule has 90 valence electrons. The molecule has 0 aliphatic heterocycles. The Balaban J connectivity index is 2.49. The van der Waals surface area contributed by atoms with Crippen molar-refractivity contribution >= 4 is 0 Å². The van der Waals surface area contributed by atoms with Crippen molar-refractivity contribution in [3.8, 4) is 5.82 Å². The predicted octanol–water partition coefficient (Wildman–Crippen LogP) is 2.16. The average molecular weight is 230 g/mol. The minimum Gasteiger partial charge on any atom is -0.326 e. The Morgan fingerprint density at radius 2 is 2.12 bits per heavy atom. The first-order valence-corrected chi connectivity index (χ1v) is 5.83. The van der Waals surface area contributed by atoms with E-state index in [9.17, 15) is 0 Å². The molecule has 0 atom stereocenters. The molecule has 4 nitrogen and oxygen atoms in total. The fraction of sp³-hybridized carbons (Fsp3) is 0.385. The summed E-state index contributed by atoms with van der Waals surface area (Å²) >= 11 is 0. The van der Waals surface area contributed by atoms with Crippen LogP contribution < -0.4 is 5.73 Å². The van der Waals surface area contributed by atoms with Crippen molar-refractivity contribution in [1.82, 2.24) is 14.8 Å². The van der Waals surface area contributed by atoms with Gasteiger partial charge in [0.05, 0.1) is 5.69 Å². The minimum absolute atomic E-state index is 0.386. The largest absolute Gasteiger partial charge is 0.326 e. The maximum absolute atomic E-state index is 5.71. The second-order valence-electron chi connectivity index (χ2n) is 4.52. The number of rotatable bonds is 3. The Bertz CT molecular complexity index is 514. The van der Waals surface area contributed by atoms with E-state index in [1.54, 1.807) is 4.68 Å². The SMILES string of the molecule is Cc1ccn(-c2cc(CN)cc(C(C)C)n2)n1. The first-order chi connectivity index (χ1) is 8.10. The molecular formula is C13H18N4. The zero-order valence-electron chi connectivity index (χ0n) is 10.5. The van der Waals surface area contributed by atoms with Crippen molar-refractivity contribution < 1.29 is 0 Å². The van der Waals surface area contributed by atoms with Crippen LogP contribution in [0, 0.1) is 6.92 Å². The summed E-state index contributed by atoms with van der Waals surface area (Å²) in [4.78, 5) is 4.61. The van der Waals surface area contributed by atoms with E-state index in [0.29, 0.717) is 12.5 Å². The first kappa shape index (κ1) is 11.8. The normalized spacial score (nSPS) is 11.1. The molecule has 0 saturated carbocycles. The van der Waals surface area contributed by atoms with Gasteiger partial charge < -0.3 is 5.73 Å². The molecule has 0 unspecified atom stereocenters. The van der Waals surface area contributed by atoms with E-state index < -0.39 is 0 Å². The van der Waals surface area contributed by atoms with Gasteiger partial charge >= 0.3 is 0 Å². The van der Waals surface area contributed by atoms with Crippen LogP contribution in [-0.2, 0) is 6.54 Å². The number of pyridine rings is 1. The smallest absolute Gasteiger partial charge is 0.153 e. The van der Waals surface area contributed by atoms with Crippen molar-refractivity contribution in [3.05, 3.63) is 41.3 Å². The molecule has 2 N–H and O–H groups in total. The fourth-order valence-corrected chi connectivity index (χ4v) is 1.67. The van der Waals surface area contributed by atoms with Gasteiger partial charge in [-0.15, -0.1) is 0 Å². The molecule has 0 radical (unpaired) electrons. The van der Waals surface area contributed by atoms with Crippen LogP contribution in [0.5, 0.6) is 0 Å². The van der Waals surface area contributed by atoms with E-state index in [0.717, 1.165) is 22.8 Å². The third kappa shape index (κ3) is 2.53. The summed E-state index contributed by atoms with van der Waals surface area (Å²) in [6.07, 6.45) is 1.92. The summed E-state index contributed by atoms with van der Waals surface area (Å²) in [7, 11) is 0. The lowest BCUT2D eigenvalue weighted by atomic mass is 10.1. The molecule has 0 amide bonds. The van der Waals surface area contributed by atoms with Gasteiger partial charge in [-0.05, 0) is 36.6 Å². The van der Waals surface area contributed by atoms with Crippen molar-refractivity contribution in [3.63, 3.8) is 0 Å². The highest BCUT2D eigenvalue weighted by molar-refractivity contribution is 5.31. The molecule has 0 aliphatic carbocycles. The van der Waals surface area contributed by atoms with Crippen LogP contribution in [0.3, 0.4) is 0 Å². The first-order valence-electron chi connectivity index (χ1n) is 5.83. The van der Waals surface area contributed by atoms with E-state index in [4.69, 9.17) is 5.73 Å². The second kappa shape index (κ2) is 4.67. The zero-order chi connectivity index (χ0) is 12.4. The van der Waals surface area contributed by atoms with Crippen molar-refractivity contribution in [2.45, 2.75) is 33.2 Å². The van der Waals surface area contributed by atoms with Crippen LogP contribution in [0.15, 0.2) is 24.4 Å². The van der Waals surface area contributed by atoms with Crippen LogP contribution in [0.25, 0.3) is 5.82 Å². The monoisotopic (exact) mass is 230 g/mol. The molecule has 0 aromatic carbocycles. The highest BCUT2D eigenvalue weighted by atomic mass is 15.3. The lowest BCUT2D eigenvalue weighted by Crippen LogP contribution is -2.06. The molecule has 2 aromatic rings. The van der Waals surface area contributed by atoms with Gasteiger partial charge in [0, 0.05) is 18.4 Å². The zero-order valence-corrected chi connectivity index (χ0v) is 10.5. The van der Waals surface area contributed by atoms with Gasteiger partial charge in [0.2, 0.25) is 0 Å². The summed E-state index contributed by atoms with van der Waals surface area (Å²) in [5, 5.41) is 4.37. The van der Waals surface area contributed by atoms with Crippen molar-refractivity contribution in [2.24, 2.45) is 5.73 Å². The van der Waals surface area contributed by atoms with Crippen LogP contribution in [0.1, 0.15) is 36.7 Å². The van der Waals surface area contributed by atoms with Crippen LogP contribution >= 0.6 is 0 Å². The highest BCUT2D eigenvalue weighted by Crippen LogP contribution is 2.16. The lowest BCUT2D eigenvalue weighted by molar-refractivity contribution is 0.773. The molecule has 2 rings (SSSR count). The molecule has 4 heteroatoms. The maximum atomic E-state index is 5.71. The number of hydrogen-bond donors (Lipinski definition) is 1. The van der Waals surface area contributed by atoms with Crippen molar-refractivity contribution in [1.29, 1.82) is 0 Å². The number of aryl methyl sites for hydroxylation is 1.